The fourth-order valence-electron chi connectivity index (χ4n) is 2.38. The zero-order valence-corrected chi connectivity index (χ0v) is 14.4. The number of ether oxygens (including phenoxy) is 1. The molecule has 0 fully saturated rings. The number of hydrogen-bond donors (Lipinski definition) is 1. The highest BCUT2D eigenvalue weighted by molar-refractivity contribution is 6.34. The van der Waals surface area contributed by atoms with Crippen molar-refractivity contribution in [2.75, 3.05) is 5.32 Å². The molecule has 0 saturated heterocycles. The van der Waals surface area contributed by atoms with Crippen LogP contribution in [0.2, 0.25) is 10.0 Å². The van der Waals surface area contributed by atoms with Crippen molar-refractivity contribution in [1.29, 1.82) is 0 Å². The van der Waals surface area contributed by atoms with E-state index in [4.69, 9.17) is 27.9 Å². The van der Waals surface area contributed by atoms with Gasteiger partial charge in [-0.1, -0.05) is 59.6 Å². The lowest BCUT2D eigenvalue weighted by Gasteiger charge is -2.16. The average molecular weight is 360 g/mol. The van der Waals surface area contributed by atoms with Crippen LogP contribution in [0, 0.1) is 0 Å². The van der Waals surface area contributed by atoms with Gasteiger partial charge < -0.3 is 10.1 Å². The number of carbonyl (C=O) groups is 1. The van der Waals surface area contributed by atoms with Gasteiger partial charge in [0, 0.05) is 22.2 Å². The van der Waals surface area contributed by atoms with E-state index >= 15 is 0 Å². The summed E-state index contributed by atoms with van der Waals surface area (Å²) < 4.78 is 5.64. The van der Waals surface area contributed by atoms with Gasteiger partial charge in [-0.3, -0.25) is 4.79 Å². The van der Waals surface area contributed by atoms with E-state index in [0.717, 1.165) is 16.5 Å². The van der Waals surface area contributed by atoms with Gasteiger partial charge in [0.1, 0.15) is 5.75 Å². The maximum absolute atomic E-state index is 12.4. The van der Waals surface area contributed by atoms with Gasteiger partial charge in [-0.25, -0.2) is 0 Å². The number of benzene rings is 3. The van der Waals surface area contributed by atoms with Gasteiger partial charge in [-0.2, -0.15) is 0 Å². The lowest BCUT2D eigenvalue weighted by Crippen LogP contribution is -2.30. The Balaban J connectivity index is 1.77. The molecule has 0 aliphatic rings. The van der Waals surface area contributed by atoms with Crippen LogP contribution in [-0.4, -0.2) is 12.0 Å². The topological polar surface area (TPSA) is 38.3 Å². The highest BCUT2D eigenvalue weighted by Gasteiger charge is 2.17. The summed E-state index contributed by atoms with van der Waals surface area (Å²) in [5.41, 5.74) is 0.741. The zero-order valence-electron chi connectivity index (χ0n) is 12.9. The average Bonchev–Trinajstić information content (AvgIpc) is 2.58. The summed E-state index contributed by atoms with van der Waals surface area (Å²) in [6.45, 7) is 1.66. The molecule has 0 aromatic heterocycles. The molecule has 3 nitrogen and oxygen atoms in total. The van der Waals surface area contributed by atoms with E-state index in [1.54, 1.807) is 25.1 Å². The Morgan fingerprint density at radius 3 is 2.62 bits per heavy atom. The van der Waals surface area contributed by atoms with Crippen molar-refractivity contribution in [3.63, 3.8) is 0 Å². The number of hydrogen-bond acceptors (Lipinski definition) is 2. The number of rotatable bonds is 4. The highest BCUT2D eigenvalue weighted by atomic mass is 35.5. The molecule has 24 heavy (non-hydrogen) atoms. The van der Waals surface area contributed by atoms with Crippen LogP contribution in [0.1, 0.15) is 6.92 Å². The second-order valence-electron chi connectivity index (χ2n) is 5.35. The Morgan fingerprint density at radius 2 is 1.79 bits per heavy atom. The molecule has 1 N–H and O–H groups in total. The smallest absolute Gasteiger partial charge is 0.265 e. The van der Waals surface area contributed by atoms with Crippen LogP contribution in [-0.2, 0) is 4.79 Å². The monoisotopic (exact) mass is 359 g/mol. The first-order valence-electron chi connectivity index (χ1n) is 7.45. The maximum atomic E-state index is 12.4. The Kier molecular flexibility index (Phi) is 4.93. The molecule has 0 aliphatic carbocycles. The molecule has 122 valence electrons. The molecule has 3 aromatic rings. The SMILES string of the molecule is C[C@@H](Oc1cc(Cl)ccc1Cl)C(=O)Nc1cccc2ccccc12. The second kappa shape index (κ2) is 7.12. The molecule has 1 amide bonds. The van der Waals surface area contributed by atoms with Crippen LogP contribution >= 0.6 is 23.2 Å². The van der Waals surface area contributed by atoms with Crippen LogP contribution in [0.15, 0.2) is 60.7 Å². The van der Waals surface area contributed by atoms with Gasteiger partial charge in [0.15, 0.2) is 6.10 Å². The van der Waals surface area contributed by atoms with Crippen LogP contribution in [0.5, 0.6) is 5.75 Å². The quantitative estimate of drug-likeness (QED) is 0.662. The first-order valence-corrected chi connectivity index (χ1v) is 8.20. The van der Waals surface area contributed by atoms with Gasteiger partial charge in [-0.15, -0.1) is 0 Å². The minimum atomic E-state index is -0.722. The molecule has 3 aromatic carbocycles. The fourth-order valence-corrected chi connectivity index (χ4v) is 2.70. The lowest BCUT2D eigenvalue weighted by atomic mass is 10.1. The summed E-state index contributed by atoms with van der Waals surface area (Å²) in [5.74, 6) is 0.118. The molecule has 3 rings (SSSR count). The lowest BCUT2D eigenvalue weighted by molar-refractivity contribution is -0.122. The predicted molar refractivity (Wildman–Crippen MR) is 99.1 cm³/mol. The molecule has 0 aliphatic heterocycles. The largest absolute Gasteiger partial charge is 0.479 e. The Hall–Kier alpha value is -2.23. The standard InChI is InChI=1S/C19H15Cl2NO2/c1-12(24-18-11-14(20)9-10-16(18)21)19(23)22-17-8-4-6-13-5-2-3-7-15(13)17/h2-12H,1H3,(H,22,23)/t12-/m1/s1. The van der Waals surface area contributed by atoms with E-state index in [1.165, 1.54) is 0 Å². The normalized spacial score (nSPS) is 12.0. The van der Waals surface area contributed by atoms with Gasteiger partial charge in [0.25, 0.3) is 5.91 Å². The molecule has 1 atom stereocenters. The minimum absolute atomic E-state index is 0.262. The number of halogens is 2. The van der Waals surface area contributed by atoms with Crippen molar-refractivity contribution in [1.82, 2.24) is 0 Å². The summed E-state index contributed by atoms with van der Waals surface area (Å²) in [7, 11) is 0. The Labute approximate surface area is 150 Å². The first-order chi connectivity index (χ1) is 11.5. The third kappa shape index (κ3) is 3.64. The van der Waals surface area contributed by atoms with E-state index < -0.39 is 6.10 Å². The molecule has 0 unspecified atom stereocenters. The van der Waals surface area contributed by atoms with Crippen molar-refractivity contribution in [2.24, 2.45) is 0 Å². The number of anilines is 1. The van der Waals surface area contributed by atoms with Crippen molar-refractivity contribution < 1.29 is 9.53 Å². The van der Waals surface area contributed by atoms with E-state index in [2.05, 4.69) is 5.32 Å². The van der Waals surface area contributed by atoms with Crippen LogP contribution in [0.4, 0.5) is 5.69 Å². The predicted octanol–water partition coefficient (Wildman–Crippen LogP) is 5.55. The molecule has 0 saturated carbocycles. The first kappa shape index (κ1) is 16.6. The van der Waals surface area contributed by atoms with Crippen molar-refractivity contribution in [3.8, 4) is 5.75 Å². The van der Waals surface area contributed by atoms with Crippen LogP contribution in [0.3, 0.4) is 0 Å². The zero-order chi connectivity index (χ0) is 17.1. The van der Waals surface area contributed by atoms with Gasteiger partial charge in [0.05, 0.1) is 5.02 Å². The Morgan fingerprint density at radius 1 is 1.04 bits per heavy atom. The Bertz CT molecular complexity index is 890. The number of nitrogens with one attached hydrogen (secondary N) is 1. The summed E-state index contributed by atoms with van der Waals surface area (Å²) >= 11 is 12.0. The molecular formula is C19H15Cl2NO2. The molecule has 5 heteroatoms. The summed E-state index contributed by atoms with van der Waals surface area (Å²) in [4.78, 5) is 12.4. The number of fused-ring (bicyclic) bond motifs is 1. The highest BCUT2D eigenvalue weighted by Crippen LogP contribution is 2.29. The number of carbonyl (C=O) groups excluding carboxylic acids is 1. The minimum Gasteiger partial charge on any atom is -0.479 e. The van der Waals surface area contributed by atoms with E-state index in [9.17, 15) is 4.79 Å². The van der Waals surface area contributed by atoms with Gasteiger partial charge in [-0.05, 0) is 30.5 Å². The third-order valence-corrected chi connectivity index (χ3v) is 4.16. The number of amides is 1. The molecule has 0 heterocycles. The second-order valence-corrected chi connectivity index (χ2v) is 6.19. The van der Waals surface area contributed by atoms with E-state index in [1.807, 2.05) is 42.5 Å². The summed E-state index contributed by atoms with van der Waals surface area (Å²) in [6.07, 6.45) is -0.722. The van der Waals surface area contributed by atoms with Crippen LogP contribution in [0.25, 0.3) is 10.8 Å². The van der Waals surface area contributed by atoms with Crippen molar-refractivity contribution in [3.05, 3.63) is 70.7 Å². The van der Waals surface area contributed by atoms with E-state index in [0.29, 0.717) is 15.8 Å². The van der Waals surface area contributed by atoms with Gasteiger partial charge in [0.2, 0.25) is 0 Å². The summed E-state index contributed by atoms with van der Waals surface area (Å²) in [5, 5.41) is 5.83. The molecule has 0 radical (unpaired) electrons. The molecule has 0 bridgehead atoms. The molecular weight excluding hydrogens is 345 g/mol. The van der Waals surface area contributed by atoms with E-state index in [-0.39, 0.29) is 5.91 Å². The van der Waals surface area contributed by atoms with Gasteiger partial charge >= 0.3 is 0 Å². The summed E-state index contributed by atoms with van der Waals surface area (Å²) in [6, 6.07) is 18.5. The third-order valence-electron chi connectivity index (χ3n) is 3.61. The van der Waals surface area contributed by atoms with Crippen LogP contribution < -0.4 is 10.1 Å². The van der Waals surface area contributed by atoms with Crippen molar-refractivity contribution in [2.45, 2.75) is 13.0 Å². The molecule has 0 spiro atoms. The van der Waals surface area contributed by atoms with Crippen molar-refractivity contribution >= 4 is 45.6 Å². The fraction of sp³-hybridized carbons (Fsp3) is 0.105. The maximum Gasteiger partial charge on any atom is 0.265 e.